The maximum Gasteiger partial charge on any atom is 0.167 e. The first-order valence-electron chi connectivity index (χ1n) is 10.1. The van der Waals surface area contributed by atoms with Crippen LogP contribution in [0.1, 0.15) is 37.4 Å². The molecule has 2 heterocycles. The predicted octanol–water partition coefficient (Wildman–Crippen LogP) is 5.77. The van der Waals surface area contributed by atoms with Crippen molar-refractivity contribution in [2.24, 2.45) is 5.14 Å². The molecule has 0 aliphatic carbocycles. The first-order chi connectivity index (χ1) is 14.8. The molecule has 0 radical (unpaired) electrons. The lowest BCUT2D eigenvalue weighted by atomic mass is 9.83. The monoisotopic (exact) mass is 497 g/mol. The largest absolute Gasteiger partial charge is 0.356 e. The fourth-order valence-corrected chi connectivity index (χ4v) is 4.64. The van der Waals surface area contributed by atoms with E-state index in [1.807, 2.05) is 62.4 Å². The van der Waals surface area contributed by atoms with Crippen molar-refractivity contribution in [3.8, 4) is 11.3 Å². The van der Waals surface area contributed by atoms with Gasteiger partial charge < -0.3 is 4.52 Å². The van der Waals surface area contributed by atoms with Crippen LogP contribution in [0, 0.1) is 0 Å². The van der Waals surface area contributed by atoms with Crippen LogP contribution in [0.2, 0.25) is 0 Å². The lowest BCUT2D eigenvalue weighted by molar-refractivity contribution is 0.459. The van der Waals surface area contributed by atoms with E-state index in [1.165, 1.54) is 0 Å². The van der Waals surface area contributed by atoms with E-state index in [9.17, 15) is 4.21 Å². The van der Waals surface area contributed by atoms with Crippen LogP contribution in [0.25, 0.3) is 22.2 Å². The summed E-state index contributed by atoms with van der Waals surface area (Å²) in [5.41, 5.74) is 4.60. The molecule has 2 aromatic heterocycles. The van der Waals surface area contributed by atoms with Crippen LogP contribution in [0.5, 0.6) is 0 Å². The summed E-state index contributed by atoms with van der Waals surface area (Å²) >= 11 is 3.61. The number of pyridine rings is 1. The van der Waals surface area contributed by atoms with Gasteiger partial charge in [0.1, 0.15) is 5.69 Å². The van der Waals surface area contributed by atoms with Gasteiger partial charge in [-0.2, -0.15) is 0 Å². The summed E-state index contributed by atoms with van der Waals surface area (Å²) in [6, 6.07) is 19.9. The minimum Gasteiger partial charge on any atom is -0.356 e. The van der Waals surface area contributed by atoms with Gasteiger partial charge >= 0.3 is 0 Å². The highest BCUT2D eigenvalue weighted by atomic mass is 79.9. The SMILES string of the molecule is CC(C)(C[C@H](Cc1ccccn1)c1ccc(Br)cc1-c1noc2ccccc12)S(N)=O. The van der Waals surface area contributed by atoms with Crippen molar-refractivity contribution < 1.29 is 8.73 Å². The molecule has 2 atom stereocenters. The Morgan fingerprint density at radius 1 is 1.13 bits per heavy atom. The highest BCUT2D eigenvalue weighted by Gasteiger charge is 2.31. The normalized spacial score (nSPS) is 13.9. The van der Waals surface area contributed by atoms with Gasteiger partial charge in [-0.3, -0.25) is 10.1 Å². The van der Waals surface area contributed by atoms with Gasteiger partial charge in [-0.25, -0.2) is 4.21 Å². The molecule has 0 bridgehead atoms. The number of halogens is 1. The van der Waals surface area contributed by atoms with Gasteiger partial charge in [0.05, 0.1) is 15.7 Å². The fourth-order valence-electron chi connectivity index (χ4n) is 3.91. The number of aromatic nitrogens is 2. The average molecular weight is 498 g/mol. The zero-order chi connectivity index (χ0) is 22.0. The fraction of sp³-hybridized carbons (Fsp3) is 0.250. The number of rotatable bonds is 7. The smallest absolute Gasteiger partial charge is 0.167 e. The summed E-state index contributed by atoms with van der Waals surface area (Å²) in [6.07, 6.45) is 3.13. The number of fused-ring (bicyclic) bond motifs is 1. The molecule has 0 fully saturated rings. The van der Waals surface area contributed by atoms with Crippen LogP contribution in [0.3, 0.4) is 0 Å². The van der Waals surface area contributed by atoms with Crippen molar-refractivity contribution in [1.82, 2.24) is 10.1 Å². The van der Waals surface area contributed by atoms with Crippen LogP contribution >= 0.6 is 15.9 Å². The third-order valence-electron chi connectivity index (χ3n) is 5.55. The maximum atomic E-state index is 12.3. The minimum absolute atomic E-state index is 0.0379. The third-order valence-corrected chi connectivity index (χ3v) is 7.30. The van der Waals surface area contributed by atoms with Crippen molar-refractivity contribution in [3.63, 3.8) is 0 Å². The Morgan fingerprint density at radius 3 is 2.65 bits per heavy atom. The van der Waals surface area contributed by atoms with E-state index >= 15 is 0 Å². The third kappa shape index (κ3) is 4.79. The Morgan fingerprint density at radius 2 is 1.90 bits per heavy atom. The summed E-state index contributed by atoms with van der Waals surface area (Å²) in [4.78, 5) is 4.53. The molecule has 31 heavy (non-hydrogen) atoms. The zero-order valence-electron chi connectivity index (χ0n) is 17.4. The maximum absolute atomic E-state index is 12.3. The molecule has 1 unspecified atom stereocenters. The molecule has 4 rings (SSSR count). The second kappa shape index (κ2) is 9.02. The minimum atomic E-state index is -1.46. The van der Waals surface area contributed by atoms with Gasteiger partial charge in [-0.15, -0.1) is 0 Å². The lowest BCUT2D eigenvalue weighted by Gasteiger charge is -2.29. The average Bonchev–Trinajstić information content (AvgIpc) is 3.18. The predicted molar refractivity (Wildman–Crippen MR) is 129 cm³/mol. The number of nitrogens with two attached hydrogens (primary N) is 1. The molecule has 4 aromatic rings. The van der Waals surface area contributed by atoms with Crippen LogP contribution in [0.15, 0.2) is 75.9 Å². The molecule has 5 nitrogen and oxygen atoms in total. The van der Waals surface area contributed by atoms with E-state index < -0.39 is 15.7 Å². The Hall–Kier alpha value is -2.35. The molecule has 0 aliphatic heterocycles. The van der Waals surface area contributed by atoms with E-state index in [-0.39, 0.29) is 5.92 Å². The Bertz CT molecular complexity index is 1220. The van der Waals surface area contributed by atoms with Gasteiger partial charge in [-0.05, 0) is 74.6 Å². The molecule has 0 saturated heterocycles. The Balaban J connectivity index is 1.85. The van der Waals surface area contributed by atoms with Crippen molar-refractivity contribution in [2.75, 3.05) is 0 Å². The number of para-hydroxylation sites is 1. The van der Waals surface area contributed by atoms with Crippen LogP contribution in [-0.2, 0) is 17.4 Å². The number of hydrogen-bond acceptors (Lipinski definition) is 4. The van der Waals surface area contributed by atoms with Gasteiger partial charge in [-0.1, -0.05) is 45.4 Å². The van der Waals surface area contributed by atoms with Crippen LogP contribution in [0.4, 0.5) is 0 Å². The van der Waals surface area contributed by atoms with Crippen LogP contribution < -0.4 is 5.14 Å². The topological polar surface area (TPSA) is 82.0 Å². The van der Waals surface area contributed by atoms with Gasteiger partial charge in [0, 0.05) is 27.3 Å². The van der Waals surface area contributed by atoms with E-state index in [0.717, 1.165) is 38.0 Å². The first kappa shape index (κ1) is 21.9. The molecule has 0 saturated carbocycles. The standard InChI is InChI=1S/C24H24BrN3O2S/c1-24(2,31(26)29)15-16(13-18-7-5-6-12-27-18)19-11-10-17(25)14-21(19)23-20-8-3-4-9-22(20)30-28-23/h3-12,14,16H,13,15,26H2,1-2H3/t16-,31?/m0/s1. The van der Waals surface area contributed by atoms with E-state index in [2.05, 4.69) is 38.2 Å². The van der Waals surface area contributed by atoms with E-state index in [1.54, 1.807) is 6.20 Å². The second-order valence-electron chi connectivity index (χ2n) is 8.24. The number of nitrogens with zero attached hydrogens (tertiary/aromatic N) is 2. The van der Waals surface area contributed by atoms with Crippen LogP contribution in [-0.4, -0.2) is 19.1 Å². The molecule has 7 heteroatoms. The first-order valence-corrected chi connectivity index (χ1v) is 12.1. The van der Waals surface area contributed by atoms with Gasteiger partial charge in [0.15, 0.2) is 5.58 Å². The van der Waals surface area contributed by atoms with Gasteiger partial charge in [0.2, 0.25) is 0 Å². The van der Waals surface area contributed by atoms with Crippen molar-refractivity contribution in [1.29, 1.82) is 0 Å². The zero-order valence-corrected chi connectivity index (χ0v) is 19.8. The lowest BCUT2D eigenvalue weighted by Crippen LogP contribution is -2.34. The molecular formula is C24H24BrN3O2S. The molecule has 2 aromatic carbocycles. The molecular weight excluding hydrogens is 474 g/mol. The van der Waals surface area contributed by atoms with Gasteiger partial charge in [0.25, 0.3) is 0 Å². The molecule has 2 N–H and O–H groups in total. The quantitative estimate of drug-likeness (QED) is 0.351. The molecule has 0 spiro atoms. The number of hydrogen-bond donors (Lipinski definition) is 1. The highest BCUT2D eigenvalue weighted by Crippen LogP contribution is 2.40. The second-order valence-corrected chi connectivity index (χ2v) is 10.9. The van der Waals surface area contributed by atoms with Crippen molar-refractivity contribution >= 4 is 37.9 Å². The molecule has 0 amide bonds. The summed E-state index contributed by atoms with van der Waals surface area (Å²) in [7, 11) is -1.46. The Labute approximate surface area is 192 Å². The van der Waals surface area contributed by atoms with Crippen molar-refractivity contribution in [3.05, 3.63) is 82.6 Å². The number of benzene rings is 2. The summed E-state index contributed by atoms with van der Waals surface area (Å²) < 4.78 is 18.3. The highest BCUT2D eigenvalue weighted by molar-refractivity contribution is 9.10. The molecule has 0 aliphatic rings. The van der Waals surface area contributed by atoms with E-state index in [0.29, 0.717) is 12.8 Å². The van der Waals surface area contributed by atoms with E-state index in [4.69, 9.17) is 9.66 Å². The summed E-state index contributed by atoms with van der Waals surface area (Å²) in [5.74, 6) is 0.0379. The molecule has 160 valence electrons. The Kier molecular flexibility index (Phi) is 6.36. The summed E-state index contributed by atoms with van der Waals surface area (Å²) in [5, 5.41) is 11.2. The van der Waals surface area contributed by atoms with Crippen molar-refractivity contribution in [2.45, 2.75) is 37.4 Å². The summed E-state index contributed by atoms with van der Waals surface area (Å²) in [6.45, 7) is 3.89.